The van der Waals surface area contributed by atoms with E-state index in [1.54, 1.807) is 30.3 Å². The highest BCUT2D eigenvalue weighted by Crippen LogP contribution is 2.17. The van der Waals surface area contributed by atoms with Crippen LogP contribution in [-0.4, -0.2) is 18.4 Å². The van der Waals surface area contributed by atoms with Gasteiger partial charge in [-0.1, -0.05) is 23.8 Å². The summed E-state index contributed by atoms with van der Waals surface area (Å²) in [6, 6.07) is 20.1. The Morgan fingerprint density at radius 2 is 1.48 bits per heavy atom. The molecule has 5 heteroatoms. The van der Waals surface area contributed by atoms with E-state index >= 15 is 0 Å². The number of nitrogens with one attached hydrogen (secondary N) is 2. The Morgan fingerprint density at radius 1 is 0.793 bits per heavy atom. The number of rotatable bonds is 6. The summed E-state index contributed by atoms with van der Waals surface area (Å²) in [5.74, 6) is 0.240. The van der Waals surface area contributed by atoms with Gasteiger partial charge in [0.25, 0.3) is 11.8 Å². The molecule has 0 aliphatic rings. The molecule has 3 rings (SSSR count). The second-order valence-corrected chi connectivity index (χ2v) is 6.98. The molecule has 5 nitrogen and oxygen atoms in total. The first kappa shape index (κ1) is 20.1. The van der Waals surface area contributed by atoms with Gasteiger partial charge in [-0.05, 0) is 80.4 Å². The van der Waals surface area contributed by atoms with Crippen molar-refractivity contribution in [1.82, 2.24) is 0 Å². The van der Waals surface area contributed by atoms with Gasteiger partial charge in [0, 0.05) is 16.9 Å². The van der Waals surface area contributed by atoms with E-state index in [4.69, 9.17) is 4.74 Å². The van der Waals surface area contributed by atoms with Crippen LogP contribution in [0.5, 0.6) is 5.75 Å². The van der Waals surface area contributed by atoms with Crippen LogP contribution in [0.1, 0.15) is 27.0 Å². The van der Waals surface area contributed by atoms with Gasteiger partial charge in [0.15, 0.2) is 6.61 Å². The van der Waals surface area contributed by atoms with Crippen molar-refractivity contribution in [3.63, 3.8) is 0 Å². The van der Waals surface area contributed by atoms with E-state index in [0.29, 0.717) is 22.7 Å². The number of amides is 2. The molecule has 2 amide bonds. The summed E-state index contributed by atoms with van der Waals surface area (Å²) in [7, 11) is 0. The maximum absolute atomic E-state index is 12.3. The summed E-state index contributed by atoms with van der Waals surface area (Å²) in [5, 5.41) is 5.63. The summed E-state index contributed by atoms with van der Waals surface area (Å²) in [5.41, 5.74) is 5.21. The number of hydrogen-bond acceptors (Lipinski definition) is 3. The number of ether oxygens (including phenoxy) is 1. The number of benzene rings is 3. The van der Waals surface area contributed by atoms with Crippen molar-refractivity contribution in [2.75, 3.05) is 17.2 Å². The minimum Gasteiger partial charge on any atom is -0.484 e. The molecule has 0 atom stereocenters. The third-order valence-corrected chi connectivity index (χ3v) is 4.56. The molecule has 2 N–H and O–H groups in total. The predicted molar refractivity (Wildman–Crippen MR) is 116 cm³/mol. The molecule has 0 bridgehead atoms. The van der Waals surface area contributed by atoms with Crippen molar-refractivity contribution in [1.29, 1.82) is 0 Å². The van der Waals surface area contributed by atoms with Gasteiger partial charge in [0.05, 0.1) is 0 Å². The lowest BCUT2D eigenvalue weighted by Crippen LogP contribution is -2.20. The average molecular weight is 388 g/mol. The first-order valence-electron chi connectivity index (χ1n) is 9.39. The van der Waals surface area contributed by atoms with Crippen LogP contribution in [0.25, 0.3) is 0 Å². The van der Waals surface area contributed by atoms with E-state index in [0.717, 1.165) is 11.1 Å². The van der Waals surface area contributed by atoms with Gasteiger partial charge in [-0.2, -0.15) is 0 Å². The maximum Gasteiger partial charge on any atom is 0.262 e. The molecule has 0 heterocycles. The molecule has 0 aromatic heterocycles. The normalized spacial score (nSPS) is 10.3. The van der Waals surface area contributed by atoms with Crippen molar-refractivity contribution in [2.24, 2.45) is 0 Å². The molecule has 0 fully saturated rings. The van der Waals surface area contributed by atoms with Crippen LogP contribution in [0.2, 0.25) is 0 Å². The molecule has 0 saturated carbocycles. The Kier molecular flexibility index (Phi) is 6.29. The summed E-state index contributed by atoms with van der Waals surface area (Å²) >= 11 is 0. The second kappa shape index (κ2) is 9.06. The Balaban J connectivity index is 1.52. The average Bonchev–Trinajstić information content (AvgIpc) is 2.70. The van der Waals surface area contributed by atoms with Crippen LogP contribution >= 0.6 is 0 Å². The Bertz CT molecular complexity index is 1030. The Labute approximate surface area is 170 Å². The summed E-state index contributed by atoms with van der Waals surface area (Å²) in [4.78, 5) is 24.4. The van der Waals surface area contributed by atoms with E-state index in [9.17, 15) is 9.59 Å². The van der Waals surface area contributed by atoms with Gasteiger partial charge in [-0.25, -0.2) is 0 Å². The highest BCUT2D eigenvalue weighted by atomic mass is 16.5. The lowest BCUT2D eigenvalue weighted by atomic mass is 10.1. The fourth-order valence-electron chi connectivity index (χ4n) is 2.78. The highest BCUT2D eigenvalue weighted by Gasteiger charge is 2.08. The zero-order valence-electron chi connectivity index (χ0n) is 16.8. The largest absolute Gasteiger partial charge is 0.484 e. The SMILES string of the molecule is Cc1cccc(C(=O)Nc2ccc(NC(=O)COc3ccc(C)c(C)c3)cc2)c1. The molecular formula is C24H24N2O3. The molecule has 3 aromatic rings. The van der Waals surface area contributed by atoms with Crippen LogP contribution in [0.3, 0.4) is 0 Å². The lowest BCUT2D eigenvalue weighted by molar-refractivity contribution is -0.118. The van der Waals surface area contributed by atoms with Gasteiger partial charge in [0.1, 0.15) is 5.75 Å². The van der Waals surface area contributed by atoms with Gasteiger partial charge < -0.3 is 15.4 Å². The number of hydrogen-bond donors (Lipinski definition) is 2. The van der Waals surface area contributed by atoms with E-state index in [-0.39, 0.29) is 18.4 Å². The van der Waals surface area contributed by atoms with E-state index in [1.807, 2.05) is 57.2 Å². The maximum atomic E-state index is 12.3. The van der Waals surface area contributed by atoms with Crippen molar-refractivity contribution in [3.8, 4) is 5.75 Å². The van der Waals surface area contributed by atoms with Crippen LogP contribution in [0.15, 0.2) is 66.7 Å². The van der Waals surface area contributed by atoms with Crippen LogP contribution in [0, 0.1) is 20.8 Å². The monoisotopic (exact) mass is 388 g/mol. The van der Waals surface area contributed by atoms with Gasteiger partial charge in [-0.3, -0.25) is 9.59 Å². The molecule has 148 valence electrons. The zero-order chi connectivity index (χ0) is 20.8. The molecule has 0 aliphatic carbocycles. The van der Waals surface area contributed by atoms with E-state index < -0.39 is 0 Å². The van der Waals surface area contributed by atoms with Gasteiger partial charge >= 0.3 is 0 Å². The number of anilines is 2. The van der Waals surface area contributed by atoms with Crippen LogP contribution < -0.4 is 15.4 Å². The molecule has 0 saturated heterocycles. The molecule has 0 radical (unpaired) electrons. The second-order valence-electron chi connectivity index (χ2n) is 6.98. The van der Waals surface area contributed by atoms with Crippen molar-refractivity contribution < 1.29 is 14.3 Å². The first-order chi connectivity index (χ1) is 13.9. The van der Waals surface area contributed by atoms with Gasteiger partial charge in [0.2, 0.25) is 0 Å². The number of carbonyl (C=O) groups excluding carboxylic acids is 2. The summed E-state index contributed by atoms with van der Waals surface area (Å²) in [6.45, 7) is 5.90. The minimum absolute atomic E-state index is 0.0751. The molecule has 0 spiro atoms. The zero-order valence-corrected chi connectivity index (χ0v) is 16.8. The van der Waals surface area contributed by atoms with Crippen molar-refractivity contribution in [2.45, 2.75) is 20.8 Å². The lowest BCUT2D eigenvalue weighted by Gasteiger charge is -2.10. The summed E-state index contributed by atoms with van der Waals surface area (Å²) in [6.07, 6.45) is 0. The highest BCUT2D eigenvalue weighted by molar-refractivity contribution is 6.04. The molecule has 0 unspecified atom stereocenters. The molecule has 0 aliphatic heterocycles. The van der Waals surface area contributed by atoms with Crippen molar-refractivity contribution >= 4 is 23.2 Å². The molecule has 3 aromatic carbocycles. The smallest absolute Gasteiger partial charge is 0.262 e. The molecular weight excluding hydrogens is 364 g/mol. The fraction of sp³-hybridized carbons (Fsp3) is 0.167. The minimum atomic E-state index is -0.250. The number of aryl methyl sites for hydroxylation is 3. The topological polar surface area (TPSA) is 67.4 Å². The predicted octanol–water partition coefficient (Wildman–Crippen LogP) is 4.88. The van der Waals surface area contributed by atoms with Gasteiger partial charge in [-0.15, -0.1) is 0 Å². The van der Waals surface area contributed by atoms with Crippen LogP contribution in [-0.2, 0) is 4.79 Å². The molecule has 29 heavy (non-hydrogen) atoms. The Morgan fingerprint density at radius 3 is 2.14 bits per heavy atom. The van der Waals surface area contributed by atoms with E-state index in [2.05, 4.69) is 10.6 Å². The Hall–Kier alpha value is -3.60. The van der Waals surface area contributed by atoms with Crippen LogP contribution in [0.4, 0.5) is 11.4 Å². The standard InChI is InChI=1S/C24H24N2O3/c1-16-5-4-6-19(13-16)24(28)26-21-10-8-20(9-11-21)25-23(27)15-29-22-12-7-17(2)18(3)14-22/h4-14H,15H2,1-3H3,(H,25,27)(H,26,28). The number of carbonyl (C=O) groups is 2. The van der Waals surface area contributed by atoms with E-state index in [1.165, 1.54) is 5.56 Å². The van der Waals surface area contributed by atoms with Crippen molar-refractivity contribution in [3.05, 3.63) is 89.0 Å². The quantitative estimate of drug-likeness (QED) is 0.632. The fourth-order valence-corrected chi connectivity index (χ4v) is 2.78. The summed E-state index contributed by atoms with van der Waals surface area (Å²) < 4.78 is 5.54. The first-order valence-corrected chi connectivity index (χ1v) is 9.39. The third kappa shape index (κ3) is 5.69. The third-order valence-electron chi connectivity index (χ3n) is 4.56.